The summed E-state index contributed by atoms with van der Waals surface area (Å²) >= 11 is 0. The smallest absolute Gasteiger partial charge is 0.121 e. The zero-order valence-corrected chi connectivity index (χ0v) is 12.7. The average molecular weight is 279 g/mol. The van der Waals surface area contributed by atoms with Crippen molar-refractivity contribution in [1.29, 1.82) is 0 Å². The number of anilines is 1. The maximum absolute atomic E-state index is 8.73. The second kappa shape index (κ2) is 11.6. The van der Waals surface area contributed by atoms with Gasteiger partial charge in [-0.15, -0.1) is 0 Å². The minimum absolute atomic E-state index is 0.267. The Balaban J connectivity index is 2.18. The molecule has 0 aliphatic rings. The number of ether oxygens (including phenoxy) is 1. The van der Waals surface area contributed by atoms with E-state index in [-0.39, 0.29) is 6.61 Å². The van der Waals surface area contributed by atoms with Crippen LogP contribution < -0.4 is 10.1 Å². The quantitative estimate of drug-likeness (QED) is 0.563. The molecule has 0 aliphatic carbocycles. The van der Waals surface area contributed by atoms with Gasteiger partial charge in [0.05, 0.1) is 6.61 Å². The van der Waals surface area contributed by atoms with Crippen LogP contribution in [0.15, 0.2) is 24.3 Å². The molecule has 0 atom stereocenters. The molecule has 0 aliphatic heterocycles. The van der Waals surface area contributed by atoms with Gasteiger partial charge in [0.25, 0.3) is 0 Å². The highest BCUT2D eigenvalue weighted by Crippen LogP contribution is 2.18. The third-order valence-corrected chi connectivity index (χ3v) is 3.26. The molecule has 0 saturated carbocycles. The number of nitrogens with one attached hydrogen (secondary N) is 1. The van der Waals surface area contributed by atoms with Gasteiger partial charge in [-0.25, -0.2) is 0 Å². The van der Waals surface area contributed by atoms with Crippen LogP contribution in [0.3, 0.4) is 0 Å². The molecule has 0 saturated heterocycles. The topological polar surface area (TPSA) is 41.5 Å². The first kappa shape index (κ1) is 16.8. The maximum atomic E-state index is 8.73. The van der Waals surface area contributed by atoms with Gasteiger partial charge >= 0.3 is 0 Å². The summed E-state index contributed by atoms with van der Waals surface area (Å²) < 4.78 is 5.77. The number of rotatable bonds is 12. The number of unbranched alkanes of at least 4 members (excludes halogenated alkanes) is 5. The molecule has 1 aromatic carbocycles. The lowest BCUT2D eigenvalue weighted by molar-refractivity contribution is 0.286. The van der Waals surface area contributed by atoms with E-state index in [1.54, 1.807) is 0 Å². The molecule has 20 heavy (non-hydrogen) atoms. The van der Waals surface area contributed by atoms with E-state index < -0.39 is 0 Å². The molecule has 114 valence electrons. The summed E-state index contributed by atoms with van der Waals surface area (Å²) in [5.74, 6) is 0.938. The molecule has 0 aromatic heterocycles. The molecular weight excluding hydrogens is 250 g/mol. The zero-order chi connectivity index (χ0) is 14.5. The summed E-state index contributed by atoms with van der Waals surface area (Å²) in [7, 11) is 0. The Morgan fingerprint density at radius 1 is 1.05 bits per heavy atom. The third-order valence-electron chi connectivity index (χ3n) is 3.26. The lowest BCUT2D eigenvalue weighted by Crippen LogP contribution is -2.03. The van der Waals surface area contributed by atoms with Crippen molar-refractivity contribution in [2.24, 2.45) is 0 Å². The first-order valence-electron chi connectivity index (χ1n) is 7.94. The highest BCUT2D eigenvalue weighted by Gasteiger charge is 1.97. The first-order chi connectivity index (χ1) is 9.86. The molecule has 0 spiro atoms. The largest absolute Gasteiger partial charge is 0.494 e. The van der Waals surface area contributed by atoms with E-state index >= 15 is 0 Å². The van der Waals surface area contributed by atoms with Crippen molar-refractivity contribution in [1.82, 2.24) is 0 Å². The summed E-state index contributed by atoms with van der Waals surface area (Å²) in [4.78, 5) is 0. The first-order valence-corrected chi connectivity index (χ1v) is 7.94. The predicted octanol–water partition coefficient (Wildman–Crippen LogP) is 4.22. The van der Waals surface area contributed by atoms with E-state index in [1.807, 2.05) is 24.3 Å². The van der Waals surface area contributed by atoms with Crippen molar-refractivity contribution < 1.29 is 9.84 Å². The van der Waals surface area contributed by atoms with Gasteiger partial charge in [-0.2, -0.15) is 0 Å². The number of hydrogen-bond donors (Lipinski definition) is 2. The SMILES string of the molecule is CCCCCCCOc1cccc(NCCCCO)c1. The highest BCUT2D eigenvalue weighted by molar-refractivity contribution is 5.48. The van der Waals surface area contributed by atoms with Crippen LogP contribution >= 0.6 is 0 Å². The fourth-order valence-electron chi connectivity index (χ4n) is 2.06. The summed E-state index contributed by atoms with van der Waals surface area (Å²) in [5.41, 5.74) is 1.09. The van der Waals surface area contributed by atoms with E-state index in [4.69, 9.17) is 9.84 Å². The van der Waals surface area contributed by atoms with Crippen LogP contribution in [0.1, 0.15) is 51.9 Å². The van der Waals surface area contributed by atoms with E-state index in [1.165, 1.54) is 25.7 Å². The van der Waals surface area contributed by atoms with Gasteiger partial charge in [-0.1, -0.05) is 38.7 Å². The van der Waals surface area contributed by atoms with Crippen LogP contribution in [-0.4, -0.2) is 24.9 Å². The maximum Gasteiger partial charge on any atom is 0.121 e. The van der Waals surface area contributed by atoms with E-state index in [9.17, 15) is 0 Å². The molecule has 0 amide bonds. The summed E-state index contributed by atoms with van der Waals surface area (Å²) in [6.45, 7) is 4.19. The van der Waals surface area contributed by atoms with Gasteiger partial charge < -0.3 is 15.2 Å². The van der Waals surface area contributed by atoms with E-state index in [0.717, 1.165) is 43.9 Å². The van der Waals surface area contributed by atoms with Crippen LogP contribution in [-0.2, 0) is 0 Å². The molecule has 3 heteroatoms. The molecule has 1 rings (SSSR count). The third kappa shape index (κ3) is 8.05. The van der Waals surface area contributed by atoms with Gasteiger partial charge in [0, 0.05) is 24.9 Å². The van der Waals surface area contributed by atoms with E-state index in [2.05, 4.69) is 12.2 Å². The van der Waals surface area contributed by atoms with Gasteiger partial charge in [0.1, 0.15) is 5.75 Å². The predicted molar refractivity (Wildman–Crippen MR) is 85.5 cm³/mol. The second-order valence-electron chi connectivity index (χ2n) is 5.15. The lowest BCUT2D eigenvalue weighted by Gasteiger charge is -2.09. The summed E-state index contributed by atoms with van der Waals surface area (Å²) in [6.07, 6.45) is 8.14. The Hall–Kier alpha value is -1.22. The summed E-state index contributed by atoms with van der Waals surface area (Å²) in [6, 6.07) is 8.11. The molecule has 1 aromatic rings. The van der Waals surface area contributed by atoms with Crippen molar-refractivity contribution in [3.8, 4) is 5.75 Å². The molecule has 0 bridgehead atoms. The number of hydrogen-bond acceptors (Lipinski definition) is 3. The molecule has 0 radical (unpaired) electrons. The van der Waals surface area contributed by atoms with Crippen LogP contribution in [0.2, 0.25) is 0 Å². The normalized spacial score (nSPS) is 10.5. The van der Waals surface area contributed by atoms with Crippen molar-refractivity contribution in [3.05, 3.63) is 24.3 Å². The average Bonchev–Trinajstić information content (AvgIpc) is 2.48. The Morgan fingerprint density at radius 2 is 1.90 bits per heavy atom. The van der Waals surface area contributed by atoms with Gasteiger partial charge in [0.15, 0.2) is 0 Å². The van der Waals surface area contributed by atoms with Crippen LogP contribution in [0.4, 0.5) is 5.69 Å². The Kier molecular flexibility index (Phi) is 9.76. The Morgan fingerprint density at radius 3 is 2.70 bits per heavy atom. The Labute approximate surface area is 123 Å². The fraction of sp³-hybridized carbons (Fsp3) is 0.647. The summed E-state index contributed by atoms with van der Waals surface area (Å²) in [5, 5.41) is 12.1. The minimum Gasteiger partial charge on any atom is -0.494 e. The van der Waals surface area contributed by atoms with Gasteiger partial charge in [-0.3, -0.25) is 0 Å². The van der Waals surface area contributed by atoms with Crippen LogP contribution in [0, 0.1) is 0 Å². The number of aliphatic hydroxyl groups is 1. The highest BCUT2D eigenvalue weighted by atomic mass is 16.5. The van der Waals surface area contributed by atoms with Crippen molar-refractivity contribution in [3.63, 3.8) is 0 Å². The monoisotopic (exact) mass is 279 g/mol. The number of aliphatic hydroxyl groups excluding tert-OH is 1. The van der Waals surface area contributed by atoms with Crippen molar-refractivity contribution >= 4 is 5.69 Å². The molecular formula is C17H29NO2. The van der Waals surface area contributed by atoms with Crippen LogP contribution in [0.5, 0.6) is 5.75 Å². The lowest BCUT2D eigenvalue weighted by atomic mass is 10.2. The zero-order valence-electron chi connectivity index (χ0n) is 12.7. The molecule has 2 N–H and O–H groups in total. The molecule has 0 heterocycles. The molecule has 0 fully saturated rings. The fourth-order valence-corrected chi connectivity index (χ4v) is 2.06. The Bertz CT molecular complexity index is 342. The van der Waals surface area contributed by atoms with E-state index in [0.29, 0.717) is 0 Å². The second-order valence-corrected chi connectivity index (χ2v) is 5.15. The molecule has 0 unspecified atom stereocenters. The number of benzene rings is 1. The van der Waals surface area contributed by atoms with Crippen molar-refractivity contribution in [2.45, 2.75) is 51.9 Å². The standard InChI is InChI=1S/C17H29NO2/c1-2-3-4-5-8-14-20-17-11-9-10-16(15-17)18-12-6-7-13-19/h9-11,15,18-19H,2-8,12-14H2,1H3. The van der Waals surface area contributed by atoms with Crippen LogP contribution in [0.25, 0.3) is 0 Å². The van der Waals surface area contributed by atoms with Gasteiger partial charge in [0.2, 0.25) is 0 Å². The molecule has 3 nitrogen and oxygen atoms in total. The minimum atomic E-state index is 0.267. The van der Waals surface area contributed by atoms with Crippen molar-refractivity contribution in [2.75, 3.05) is 25.1 Å². The van der Waals surface area contributed by atoms with Gasteiger partial charge in [-0.05, 0) is 31.4 Å².